The molecule has 0 atom stereocenters. The van der Waals surface area contributed by atoms with Crippen LogP contribution < -0.4 is 10.1 Å². The predicted molar refractivity (Wildman–Crippen MR) is 72.8 cm³/mol. The van der Waals surface area contributed by atoms with Crippen LogP contribution in [0.1, 0.15) is 23.3 Å². The highest BCUT2D eigenvalue weighted by Gasteiger charge is 2.01. The van der Waals surface area contributed by atoms with Crippen LogP contribution in [0.5, 0.6) is 5.75 Å². The molecule has 0 amide bonds. The van der Waals surface area contributed by atoms with Gasteiger partial charge in [-0.2, -0.15) is 0 Å². The fourth-order valence-corrected chi connectivity index (χ4v) is 2.15. The zero-order valence-corrected chi connectivity index (χ0v) is 11.5. The van der Waals surface area contributed by atoms with Gasteiger partial charge in [0.1, 0.15) is 17.4 Å². The van der Waals surface area contributed by atoms with Gasteiger partial charge in [-0.05, 0) is 25.6 Å². The molecule has 2 aromatic heterocycles. The van der Waals surface area contributed by atoms with E-state index in [-0.39, 0.29) is 0 Å². The van der Waals surface area contributed by atoms with Crippen molar-refractivity contribution < 1.29 is 4.74 Å². The second kappa shape index (κ2) is 6.47. The Balaban J connectivity index is 1.86. The first-order chi connectivity index (χ1) is 8.78. The molecule has 0 radical (unpaired) electrons. The van der Waals surface area contributed by atoms with Gasteiger partial charge in [0.15, 0.2) is 0 Å². The summed E-state index contributed by atoms with van der Waals surface area (Å²) in [4.78, 5) is 8.68. The van der Waals surface area contributed by atoms with E-state index in [2.05, 4.69) is 22.2 Å². The fraction of sp³-hybridized carbons (Fsp3) is 0.385. The van der Waals surface area contributed by atoms with Gasteiger partial charge in [0.25, 0.3) is 0 Å². The van der Waals surface area contributed by atoms with Gasteiger partial charge in [-0.25, -0.2) is 4.98 Å². The molecule has 0 aromatic carbocycles. The Morgan fingerprint density at radius 3 is 2.89 bits per heavy atom. The highest BCUT2D eigenvalue weighted by Crippen LogP contribution is 2.14. The first-order valence-corrected chi connectivity index (χ1v) is 6.85. The van der Waals surface area contributed by atoms with Crippen LogP contribution in [0.3, 0.4) is 0 Å². The van der Waals surface area contributed by atoms with E-state index in [1.807, 2.05) is 24.4 Å². The minimum atomic E-state index is 0.507. The molecule has 2 rings (SSSR count). The van der Waals surface area contributed by atoms with Gasteiger partial charge < -0.3 is 10.1 Å². The zero-order valence-electron chi connectivity index (χ0n) is 10.6. The van der Waals surface area contributed by atoms with E-state index in [0.717, 1.165) is 35.2 Å². The van der Waals surface area contributed by atoms with Crippen molar-refractivity contribution in [2.75, 3.05) is 6.54 Å². The molecule has 0 aliphatic rings. The van der Waals surface area contributed by atoms with Gasteiger partial charge in [-0.15, -0.1) is 11.3 Å². The number of hydrogen-bond acceptors (Lipinski definition) is 5. The summed E-state index contributed by atoms with van der Waals surface area (Å²) in [5.74, 6) is 0.781. The summed E-state index contributed by atoms with van der Waals surface area (Å²) in [6.07, 6.45) is 1.76. The molecule has 0 bridgehead atoms. The van der Waals surface area contributed by atoms with E-state index in [0.29, 0.717) is 6.61 Å². The molecule has 0 unspecified atom stereocenters. The molecule has 4 nitrogen and oxygen atoms in total. The number of pyridine rings is 1. The Morgan fingerprint density at radius 2 is 2.28 bits per heavy atom. The molecule has 0 saturated carbocycles. The molecule has 0 saturated heterocycles. The van der Waals surface area contributed by atoms with Crippen LogP contribution in [0.4, 0.5) is 0 Å². The predicted octanol–water partition coefficient (Wildman–Crippen LogP) is 2.54. The zero-order chi connectivity index (χ0) is 12.8. The molecule has 18 heavy (non-hydrogen) atoms. The summed E-state index contributed by atoms with van der Waals surface area (Å²) in [7, 11) is 0. The fourth-order valence-electron chi connectivity index (χ4n) is 1.47. The molecule has 2 aromatic rings. The lowest BCUT2D eigenvalue weighted by molar-refractivity contribution is 0.304. The van der Waals surface area contributed by atoms with Gasteiger partial charge in [0.2, 0.25) is 0 Å². The van der Waals surface area contributed by atoms with Gasteiger partial charge >= 0.3 is 0 Å². The maximum Gasteiger partial charge on any atom is 0.140 e. The monoisotopic (exact) mass is 263 g/mol. The normalized spacial score (nSPS) is 10.6. The number of thiazole rings is 1. The number of aromatic nitrogens is 2. The Kier molecular flexibility index (Phi) is 4.66. The summed E-state index contributed by atoms with van der Waals surface area (Å²) < 4.78 is 5.63. The van der Waals surface area contributed by atoms with Gasteiger partial charge in [0.05, 0.1) is 11.9 Å². The SMILES string of the molecule is CCNCc1ccc(OCc2nc(C)cs2)cn1. The Hall–Kier alpha value is -1.46. The molecule has 0 spiro atoms. The van der Waals surface area contributed by atoms with Crippen molar-refractivity contribution in [1.82, 2.24) is 15.3 Å². The van der Waals surface area contributed by atoms with E-state index in [1.54, 1.807) is 17.5 Å². The highest BCUT2D eigenvalue weighted by molar-refractivity contribution is 7.09. The maximum absolute atomic E-state index is 5.63. The van der Waals surface area contributed by atoms with E-state index >= 15 is 0 Å². The average molecular weight is 263 g/mol. The molecule has 96 valence electrons. The largest absolute Gasteiger partial charge is 0.485 e. The van der Waals surface area contributed by atoms with Crippen molar-refractivity contribution in [3.63, 3.8) is 0 Å². The van der Waals surface area contributed by atoms with Crippen LogP contribution in [-0.2, 0) is 13.2 Å². The molecule has 5 heteroatoms. The highest BCUT2D eigenvalue weighted by atomic mass is 32.1. The van der Waals surface area contributed by atoms with Crippen molar-refractivity contribution in [3.8, 4) is 5.75 Å². The molecule has 0 aliphatic carbocycles. The van der Waals surface area contributed by atoms with Crippen LogP contribution in [0.2, 0.25) is 0 Å². The molecule has 1 N–H and O–H groups in total. The molecule has 0 fully saturated rings. The second-order valence-electron chi connectivity index (χ2n) is 3.94. The first kappa shape index (κ1) is 13.0. The number of hydrogen-bond donors (Lipinski definition) is 1. The topological polar surface area (TPSA) is 47.0 Å². The van der Waals surface area contributed by atoms with Gasteiger partial charge in [-0.1, -0.05) is 6.92 Å². The van der Waals surface area contributed by atoms with E-state index < -0.39 is 0 Å². The standard InChI is InChI=1S/C13H17N3OS/c1-3-14-6-11-4-5-12(7-15-11)17-8-13-16-10(2)9-18-13/h4-5,7,9,14H,3,6,8H2,1-2H3. The van der Waals surface area contributed by atoms with Crippen molar-refractivity contribution in [3.05, 3.63) is 40.1 Å². The minimum Gasteiger partial charge on any atom is -0.485 e. The van der Waals surface area contributed by atoms with Crippen LogP contribution >= 0.6 is 11.3 Å². The maximum atomic E-state index is 5.63. The summed E-state index contributed by atoms with van der Waals surface area (Å²) in [6, 6.07) is 3.92. The number of nitrogens with one attached hydrogen (secondary N) is 1. The quantitative estimate of drug-likeness (QED) is 0.870. The number of rotatable bonds is 6. The Labute approximate surface area is 111 Å². The van der Waals surface area contributed by atoms with Crippen LogP contribution in [0.25, 0.3) is 0 Å². The molecular weight excluding hydrogens is 246 g/mol. The molecule has 0 aliphatic heterocycles. The van der Waals surface area contributed by atoms with Gasteiger partial charge in [0, 0.05) is 17.6 Å². The third-order valence-electron chi connectivity index (χ3n) is 2.38. The second-order valence-corrected chi connectivity index (χ2v) is 4.88. The number of aryl methyl sites for hydroxylation is 1. The Bertz CT molecular complexity index is 481. The smallest absolute Gasteiger partial charge is 0.140 e. The lowest BCUT2D eigenvalue weighted by Crippen LogP contribution is -2.12. The van der Waals surface area contributed by atoms with Crippen molar-refractivity contribution >= 4 is 11.3 Å². The van der Waals surface area contributed by atoms with E-state index in [1.165, 1.54) is 0 Å². The van der Waals surface area contributed by atoms with Crippen LogP contribution in [0, 0.1) is 6.92 Å². The molecule has 2 heterocycles. The summed E-state index contributed by atoms with van der Waals surface area (Å²) in [6.45, 7) is 6.31. The number of nitrogens with zero attached hydrogens (tertiary/aromatic N) is 2. The van der Waals surface area contributed by atoms with Crippen molar-refractivity contribution in [2.24, 2.45) is 0 Å². The number of ether oxygens (including phenoxy) is 1. The van der Waals surface area contributed by atoms with Crippen molar-refractivity contribution in [1.29, 1.82) is 0 Å². The first-order valence-electron chi connectivity index (χ1n) is 5.97. The van der Waals surface area contributed by atoms with E-state index in [9.17, 15) is 0 Å². The summed E-state index contributed by atoms with van der Waals surface area (Å²) in [5.41, 5.74) is 2.06. The average Bonchev–Trinajstić information content (AvgIpc) is 2.81. The minimum absolute atomic E-state index is 0.507. The third-order valence-corrected chi connectivity index (χ3v) is 3.32. The van der Waals surface area contributed by atoms with Crippen LogP contribution in [-0.4, -0.2) is 16.5 Å². The van der Waals surface area contributed by atoms with Gasteiger partial charge in [-0.3, -0.25) is 4.98 Å². The lowest BCUT2D eigenvalue weighted by Gasteiger charge is -2.05. The van der Waals surface area contributed by atoms with Crippen LogP contribution in [0.15, 0.2) is 23.7 Å². The summed E-state index contributed by atoms with van der Waals surface area (Å²) in [5, 5.41) is 6.25. The summed E-state index contributed by atoms with van der Waals surface area (Å²) >= 11 is 1.62. The Morgan fingerprint density at radius 1 is 1.39 bits per heavy atom. The third kappa shape index (κ3) is 3.78. The molecular formula is C13H17N3OS. The van der Waals surface area contributed by atoms with Crippen molar-refractivity contribution in [2.45, 2.75) is 27.0 Å². The lowest BCUT2D eigenvalue weighted by atomic mass is 10.3. The van der Waals surface area contributed by atoms with E-state index in [4.69, 9.17) is 4.74 Å².